The first-order valence-electron chi connectivity index (χ1n) is 8.46. The normalized spacial score (nSPS) is 14.5. The number of nitrogens with one attached hydrogen (secondary N) is 1. The minimum Gasteiger partial charge on any atom is -0.461 e. The molecule has 0 aliphatic heterocycles. The Morgan fingerprint density at radius 2 is 1.86 bits per heavy atom. The number of hydrogen-bond acceptors (Lipinski definition) is 2. The van der Waals surface area contributed by atoms with Gasteiger partial charge in [0.25, 0.3) is 0 Å². The molecule has 0 aliphatic carbocycles. The van der Waals surface area contributed by atoms with E-state index in [4.69, 9.17) is 4.42 Å². The lowest BCUT2D eigenvalue weighted by Crippen LogP contribution is -2.28. The number of aryl methyl sites for hydroxylation is 1. The highest BCUT2D eigenvalue weighted by molar-refractivity contribution is 5.82. The quantitative estimate of drug-likeness (QED) is 0.696. The number of furan rings is 1. The van der Waals surface area contributed by atoms with Crippen molar-refractivity contribution >= 4 is 11.0 Å². The van der Waals surface area contributed by atoms with Crippen LogP contribution in [0.15, 0.2) is 28.7 Å². The van der Waals surface area contributed by atoms with Gasteiger partial charge in [0, 0.05) is 23.4 Å². The fourth-order valence-corrected chi connectivity index (χ4v) is 3.23. The van der Waals surface area contributed by atoms with Gasteiger partial charge in [-0.25, -0.2) is 0 Å². The number of fused-ring (bicyclic) bond motifs is 1. The van der Waals surface area contributed by atoms with E-state index in [1.807, 2.05) is 0 Å². The predicted octanol–water partition coefficient (Wildman–Crippen LogP) is 5.47. The lowest BCUT2D eigenvalue weighted by Gasteiger charge is -2.25. The second kappa shape index (κ2) is 7.65. The van der Waals surface area contributed by atoms with Gasteiger partial charge in [0.05, 0.1) is 0 Å². The van der Waals surface area contributed by atoms with E-state index in [9.17, 15) is 0 Å². The zero-order valence-corrected chi connectivity index (χ0v) is 13.9. The molecule has 2 unspecified atom stereocenters. The average molecular weight is 287 g/mol. The zero-order chi connectivity index (χ0) is 15.2. The van der Waals surface area contributed by atoms with E-state index in [-0.39, 0.29) is 0 Å². The van der Waals surface area contributed by atoms with Gasteiger partial charge in [0.2, 0.25) is 0 Å². The monoisotopic (exact) mass is 287 g/mol. The molecule has 0 amide bonds. The van der Waals surface area contributed by atoms with Gasteiger partial charge in [-0.15, -0.1) is 0 Å². The van der Waals surface area contributed by atoms with Crippen LogP contribution in [-0.4, -0.2) is 6.54 Å². The lowest BCUT2D eigenvalue weighted by molar-refractivity contribution is 0.358. The van der Waals surface area contributed by atoms with Crippen LogP contribution in [0.2, 0.25) is 0 Å². The van der Waals surface area contributed by atoms with Crippen molar-refractivity contribution < 1.29 is 4.42 Å². The fraction of sp³-hybridized carbons (Fsp3) is 0.579. The molecule has 1 aromatic heterocycles. The summed E-state index contributed by atoms with van der Waals surface area (Å²) in [5.74, 6) is 1.76. The molecule has 1 heterocycles. The van der Waals surface area contributed by atoms with Gasteiger partial charge < -0.3 is 9.73 Å². The Bertz CT molecular complexity index is 558. The van der Waals surface area contributed by atoms with Crippen molar-refractivity contribution in [3.05, 3.63) is 35.6 Å². The van der Waals surface area contributed by atoms with Crippen molar-refractivity contribution in [1.82, 2.24) is 5.32 Å². The minimum atomic E-state index is 0.392. The maximum absolute atomic E-state index is 6.10. The highest BCUT2D eigenvalue weighted by Crippen LogP contribution is 2.36. The molecular formula is C19H29NO. The predicted molar refractivity (Wildman–Crippen MR) is 90.7 cm³/mol. The largest absolute Gasteiger partial charge is 0.461 e. The summed E-state index contributed by atoms with van der Waals surface area (Å²) < 4.78 is 6.10. The molecule has 0 bridgehead atoms. The van der Waals surface area contributed by atoms with Crippen LogP contribution in [0.5, 0.6) is 0 Å². The van der Waals surface area contributed by atoms with E-state index < -0.39 is 0 Å². The molecule has 0 saturated carbocycles. The molecule has 0 spiro atoms. The van der Waals surface area contributed by atoms with Crippen LogP contribution in [0, 0.1) is 5.92 Å². The minimum absolute atomic E-state index is 0.392. The van der Waals surface area contributed by atoms with E-state index >= 15 is 0 Å². The van der Waals surface area contributed by atoms with Crippen LogP contribution in [0.3, 0.4) is 0 Å². The number of para-hydroxylation sites is 1. The molecule has 21 heavy (non-hydrogen) atoms. The molecule has 2 nitrogen and oxygen atoms in total. The molecule has 0 radical (unpaired) electrons. The number of hydrogen-bond donors (Lipinski definition) is 1. The third-order valence-corrected chi connectivity index (χ3v) is 4.27. The van der Waals surface area contributed by atoms with Crippen LogP contribution in [0.1, 0.15) is 64.3 Å². The van der Waals surface area contributed by atoms with Gasteiger partial charge >= 0.3 is 0 Å². The number of rotatable bonds is 8. The molecule has 0 aliphatic rings. The summed E-state index contributed by atoms with van der Waals surface area (Å²) in [6.45, 7) is 10.1. The summed E-state index contributed by atoms with van der Waals surface area (Å²) >= 11 is 0. The van der Waals surface area contributed by atoms with Gasteiger partial charge in [-0.2, -0.15) is 0 Å². The zero-order valence-electron chi connectivity index (χ0n) is 13.9. The van der Waals surface area contributed by atoms with Crippen molar-refractivity contribution in [3.63, 3.8) is 0 Å². The molecule has 0 fully saturated rings. The molecule has 0 saturated heterocycles. The summed E-state index contributed by atoms with van der Waals surface area (Å²) in [6, 6.07) is 8.84. The van der Waals surface area contributed by atoms with Crippen molar-refractivity contribution in [2.45, 2.75) is 59.4 Å². The van der Waals surface area contributed by atoms with Crippen LogP contribution < -0.4 is 5.32 Å². The van der Waals surface area contributed by atoms with E-state index in [2.05, 4.69) is 57.3 Å². The van der Waals surface area contributed by atoms with Crippen LogP contribution in [-0.2, 0) is 6.42 Å². The summed E-state index contributed by atoms with van der Waals surface area (Å²) in [4.78, 5) is 0. The molecule has 2 rings (SSSR count). The average Bonchev–Trinajstić information content (AvgIpc) is 2.87. The highest BCUT2D eigenvalue weighted by atomic mass is 16.3. The summed E-state index contributed by atoms with van der Waals surface area (Å²) in [7, 11) is 0. The number of benzene rings is 1. The van der Waals surface area contributed by atoms with Gasteiger partial charge in [-0.1, -0.05) is 52.3 Å². The molecule has 116 valence electrons. The Balaban J connectivity index is 2.46. The fourth-order valence-electron chi connectivity index (χ4n) is 3.23. The Labute approximate surface area is 128 Å². The Morgan fingerprint density at radius 3 is 2.52 bits per heavy atom. The highest BCUT2D eigenvalue weighted by Gasteiger charge is 2.25. The van der Waals surface area contributed by atoms with E-state index in [0.717, 1.165) is 30.7 Å². The van der Waals surface area contributed by atoms with Crippen LogP contribution in [0.4, 0.5) is 0 Å². The van der Waals surface area contributed by atoms with E-state index in [0.29, 0.717) is 12.0 Å². The molecule has 2 heteroatoms. The van der Waals surface area contributed by atoms with E-state index in [1.165, 1.54) is 23.8 Å². The van der Waals surface area contributed by atoms with Crippen molar-refractivity contribution in [2.75, 3.05) is 6.54 Å². The van der Waals surface area contributed by atoms with Crippen LogP contribution in [0.25, 0.3) is 11.0 Å². The molecule has 2 aromatic rings. The van der Waals surface area contributed by atoms with Gasteiger partial charge in [-0.3, -0.25) is 0 Å². The Hall–Kier alpha value is -1.28. The summed E-state index contributed by atoms with van der Waals surface area (Å²) in [6.07, 6.45) is 4.58. The SMILES string of the molecule is CCCNC(c1c(CC)oc2ccccc12)C(C)CCC. The first-order valence-corrected chi connectivity index (χ1v) is 8.46. The Kier molecular flexibility index (Phi) is 5.86. The third kappa shape index (κ3) is 3.49. The van der Waals surface area contributed by atoms with Crippen LogP contribution >= 0.6 is 0 Å². The topological polar surface area (TPSA) is 25.2 Å². The molecular weight excluding hydrogens is 258 g/mol. The second-order valence-corrected chi connectivity index (χ2v) is 5.99. The molecule has 2 atom stereocenters. The summed E-state index contributed by atoms with van der Waals surface area (Å²) in [5, 5.41) is 5.05. The molecule has 1 aromatic carbocycles. The first-order chi connectivity index (χ1) is 10.2. The summed E-state index contributed by atoms with van der Waals surface area (Å²) in [5.41, 5.74) is 2.42. The van der Waals surface area contributed by atoms with Crippen molar-refractivity contribution in [2.24, 2.45) is 5.92 Å². The second-order valence-electron chi connectivity index (χ2n) is 5.99. The van der Waals surface area contributed by atoms with Crippen molar-refractivity contribution in [3.8, 4) is 0 Å². The van der Waals surface area contributed by atoms with Gasteiger partial charge in [0.15, 0.2) is 0 Å². The molecule has 1 N–H and O–H groups in total. The maximum atomic E-state index is 6.10. The smallest absolute Gasteiger partial charge is 0.134 e. The third-order valence-electron chi connectivity index (χ3n) is 4.27. The first kappa shape index (κ1) is 16.1. The standard InChI is InChI=1S/C19H29NO/c1-5-10-14(4)19(20-13-6-2)18-15-11-8-9-12-17(15)21-16(18)7-3/h8-9,11-12,14,19-20H,5-7,10,13H2,1-4H3. The maximum Gasteiger partial charge on any atom is 0.134 e. The van der Waals surface area contributed by atoms with Gasteiger partial charge in [-0.05, 0) is 31.4 Å². The van der Waals surface area contributed by atoms with Crippen molar-refractivity contribution in [1.29, 1.82) is 0 Å². The lowest BCUT2D eigenvalue weighted by atomic mass is 9.88. The van der Waals surface area contributed by atoms with E-state index in [1.54, 1.807) is 0 Å². The van der Waals surface area contributed by atoms with Gasteiger partial charge in [0.1, 0.15) is 11.3 Å². The Morgan fingerprint density at radius 1 is 1.10 bits per heavy atom.